The third-order valence-electron chi connectivity index (χ3n) is 4.52. The Morgan fingerprint density at radius 2 is 1.94 bits per heavy atom. The number of carbonyl (C=O) groups excluding carboxylic acids is 2. The average molecular weight is 433 g/mol. The van der Waals surface area contributed by atoms with Crippen molar-refractivity contribution in [2.45, 2.75) is 32.4 Å². The number of benzene rings is 1. The number of Topliss-reactive ketones (excluding diaryl/α,β-unsaturated/α-hetero) is 1. The molecular formula is C20H18F3N5O3. The Morgan fingerprint density at radius 1 is 1.19 bits per heavy atom. The number of aryl methyl sites for hydroxylation is 1. The van der Waals surface area contributed by atoms with Gasteiger partial charge in [-0.15, -0.1) is 0 Å². The Bertz CT molecular complexity index is 1130. The predicted molar refractivity (Wildman–Crippen MR) is 104 cm³/mol. The lowest BCUT2D eigenvalue weighted by atomic mass is 9.99. The second-order valence-electron chi connectivity index (χ2n) is 6.95. The minimum Gasteiger partial charge on any atom is -0.384 e. The summed E-state index contributed by atoms with van der Waals surface area (Å²) in [5, 5.41) is 6.14. The van der Waals surface area contributed by atoms with Crippen molar-refractivity contribution in [3.05, 3.63) is 64.9 Å². The van der Waals surface area contributed by atoms with E-state index in [4.69, 9.17) is 10.3 Å². The molecule has 31 heavy (non-hydrogen) atoms. The number of anilines is 2. The van der Waals surface area contributed by atoms with Crippen molar-refractivity contribution >= 4 is 23.2 Å². The zero-order valence-corrected chi connectivity index (χ0v) is 16.5. The second-order valence-corrected chi connectivity index (χ2v) is 6.95. The van der Waals surface area contributed by atoms with Gasteiger partial charge in [-0.05, 0) is 24.6 Å². The lowest BCUT2D eigenvalue weighted by Crippen LogP contribution is -2.13. The first kappa shape index (κ1) is 21.9. The van der Waals surface area contributed by atoms with Gasteiger partial charge < -0.3 is 15.6 Å². The molecule has 11 heteroatoms. The van der Waals surface area contributed by atoms with E-state index < -0.39 is 23.6 Å². The molecule has 0 unspecified atom stereocenters. The summed E-state index contributed by atoms with van der Waals surface area (Å²) < 4.78 is 44.1. The van der Waals surface area contributed by atoms with E-state index in [-0.39, 0.29) is 40.7 Å². The number of ketones is 1. The van der Waals surface area contributed by atoms with Gasteiger partial charge in [0.25, 0.3) is 5.91 Å². The number of rotatable bonds is 6. The number of nitrogens with zero attached hydrogens (tertiary/aromatic N) is 3. The molecule has 0 aliphatic rings. The molecule has 8 nitrogen and oxygen atoms in total. The molecule has 3 N–H and O–H groups in total. The van der Waals surface area contributed by atoms with Crippen LogP contribution in [0.1, 0.15) is 57.1 Å². The lowest BCUT2D eigenvalue weighted by molar-refractivity contribution is -0.138. The van der Waals surface area contributed by atoms with Crippen molar-refractivity contribution < 1.29 is 27.3 Å². The van der Waals surface area contributed by atoms with Gasteiger partial charge in [0.05, 0.1) is 11.3 Å². The molecule has 3 aromatic rings. The molecule has 0 saturated carbocycles. The van der Waals surface area contributed by atoms with Gasteiger partial charge in [-0.25, -0.2) is 9.97 Å². The molecule has 2 heterocycles. The van der Waals surface area contributed by atoms with Crippen molar-refractivity contribution in [1.29, 1.82) is 0 Å². The molecule has 162 valence electrons. The maximum atomic E-state index is 13.0. The first-order valence-corrected chi connectivity index (χ1v) is 9.11. The van der Waals surface area contributed by atoms with Crippen molar-refractivity contribution in [3.63, 3.8) is 0 Å². The van der Waals surface area contributed by atoms with Gasteiger partial charge in [0.1, 0.15) is 17.8 Å². The first-order chi connectivity index (χ1) is 14.5. The van der Waals surface area contributed by atoms with Crippen LogP contribution in [0.4, 0.5) is 24.7 Å². The molecule has 0 saturated heterocycles. The quantitative estimate of drug-likeness (QED) is 0.563. The van der Waals surface area contributed by atoms with Crippen LogP contribution in [0.15, 0.2) is 41.2 Å². The summed E-state index contributed by atoms with van der Waals surface area (Å²) >= 11 is 0. The van der Waals surface area contributed by atoms with Crippen LogP contribution in [0, 0.1) is 6.92 Å². The zero-order valence-electron chi connectivity index (χ0n) is 16.5. The largest absolute Gasteiger partial charge is 0.416 e. The minimum absolute atomic E-state index is 0.0248. The normalized spacial score (nSPS) is 12.4. The Labute approximate surface area is 174 Å². The lowest BCUT2D eigenvalue weighted by Gasteiger charge is -2.12. The highest BCUT2D eigenvalue weighted by molar-refractivity contribution is 6.02. The van der Waals surface area contributed by atoms with E-state index >= 15 is 0 Å². The van der Waals surface area contributed by atoms with Gasteiger partial charge in [-0.2, -0.15) is 13.2 Å². The fraction of sp³-hybridized carbons (Fsp3) is 0.250. The van der Waals surface area contributed by atoms with Crippen LogP contribution >= 0.6 is 0 Å². The average Bonchev–Trinajstić information content (AvgIpc) is 3.19. The number of alkyl halides is 3. The maximum absolute atomic E-state index is 13.0. The molecule has 0 bridgehead atoms. The van der Waals surface area contributed by atoms with Crippen LogP contribution in [-0.4, -0.2) is 26.8 Å². The monoisotopic (exact) mass is 433 g/mol. The number of aromatic nitrogens is 3. The molecule has 0 radical (unpaired) electrons. The Morgan fingerprint density at radius 3 is 2.61 bits per heavy atom. The number of amides is 1. The van der Waals surface area contributed by atoms with Crippen molar-refractivity contribution in [1.82, 2.24) is 15.1 Å². The van der Waals surface area contributed by atoms with Crippen LogP contribution in [-0.2, 0) is 6.18 Å². The Kier molecular flexibility index (Phi) is 6.04. The van der Waals surface area contributed by atoms with Gasteiger partial charge in [0, 0.05) is 30.2 Å². The summed E-state index contributed by atoms with van der Waals surface area (Å²) in [7, 11) is 0. The number of carbonyl (C=O) groups is 2. The van der Waals surface area contributed by atoms with Gasteiger partial charge in [-0.3, -0.25) is 9.59 Å². The van der Waals surface area contributed by atoms with E-state index in [2.05, 4.69) is 20.4 Å². The zero-order chi connectivity index (χ0) is 22.8. The molecule has 0 fully saturated rings. The highest BCUT2D eigenvalue weighted by Crippen LogP contribution is 2.33. The number of nitrogens with one attached hydrogen (secondary N) is 1. The van der Waals surface area contributed by atoms with Crippen LogP contribution in [0.2, 0.25) is 0 Å². The molecule has 3 rings (SSSR count). The highest BCUT2D eigenvalue weighted by Gasteiger charge is 2.32. The number of halogens is 3. The van der Waals surface area contributed by atoms with E-state index in [0.29, 0.717) is 5.69 Å². The third kappa shape index (κ3) is 5.24. The summed E-state index contributed by atoms with van der Waals surface area (Å²) in [5.41, 5.74) is 5.18. The Balaban J connectivity index is 1.69. The van der Waals surface area contributed by atoms with Gasteiger partial charge in [-0.1, -0.05) is 18.1 Å². The molecule has 0 spiro atoms. The van der Waals surface area contributed by atoms with Crippen LogP contribution < -0.4 is 11.1 Å². The summed E-state index contributed by atoms with van der Waals surface area (Å²) in [4.78, 5) is 32.3. The summed E-state index contributed by atoms with van der Waals surface area (Å²) in [6.45, 7) is 3.03. The number of hydrogen-bond donors (Lipinski definition) is 2. The van der Waals surface area contributed by atoms with Crippen molar-refractivity contribution in [2.75, 3.05) is 11.1 Å². The highest BCUT2D eigenvalue weighted by atomic mass is 19.4. The number of nitrogens with two attached hydrogens (primary N) is 1. The van der Waals surface area contributed by atoms with E-state index in [1.54, 1.807) is 6.92 Å². The second kappa shape index (κ2) is 8.54. The summed E-state index contributed by atoms with van der Waals surface area (Å²) in [5.74, 6) is -1.51. The van der Waals surface area contributed by atoms with Crippen molar-refractivity contribution in [3.8, 4) is 0 Å². The van der Waals surface area contributed by atoms with Crippen LogP contribution in [0.5, 0.6) is 0 Å². The van der Waals surface area contributed by atoms with E-state index in [0.717, 1.165) is 6.07 Å². The van der Waals surface area contributed by atoms with Crippen LogP contribution in [0.25, 0.3) is 0 Å². The molecule has 1 amide bonds. The first-order valence-electron chi connectivity index (χ1n) is 9.11. The molecule has 0 aliphatic carbocycles. The fourth-order valence-electron chi connectivity index (χ4n) is 2.84. The minimum atomic E-state index is -4.54. The fourth-order valence-corrected chi connectivity index (χ4v) is 2.84. The summed E-state index contributed by atoms with van der Waals surface area (Å²) in [6.07, 6.45) is -3.33. The maximum Gasteiger partial charge on any atom is 0.416 e. The smallest absolute Gasteiger partial charge is 0.384 e. The predicted octanol–water partition coefficient (Wildman–Crippen LogP) is 4.00. The molecular weight excluding hydrogens is 415 g/mol. The van der Waals surface area contributed by atoms with Gasteiger partial charge >= 0.3 is 6.18 Å². The molecule has 1 aromatic carbocycles. The third-order valence-corrected chi connectivity index (χ3v) is 4.52. The Hall–Kier alpha value is -3.76. The topological polar surface area (TPSA) is 124 Å². The van der Waals surface area contributed by atoms with E-state index in [1.807, 2.05) is 0 Å². The SMILES string of the molecule is Cc1ccc(NC(=O)c2cc([C@@H](C)CC(=O)c3cc(N)ncn3)no2)cc1C(F)(F)F. The standard InChI is InChI=1S/C20H18F3N5O3/c1-10-3-4-12(6-13(10)20(21,22)23)27-19(30)17-7-14(28-31-17)11(2)5-16(29)15-8-18(24)26-9-25-15/h3-4,6-9,11H,5H2,1-2H3,(H,27,30)(H2,24,25,26)/t11-/m0/s1. The molecule has 1 atom stereocenters. The molecule has 0 aliphatic heterocycles. The number of hydrogen-bond acceptors (Lipinski definition) is 7. The van der Waals surface area contributed by atoms with E-state index in [1.165, 1.54) is 37.5 Å². The van der Waals surface area contributed by atoms with Gasteiger partial charge in [0.15, 0.2) is 5.78 Å². The van der Waals surface area contributed by atoms with E-state index in [9.17, 15) is 22.8 Å². The summed E-state index contributed by atoms with van der Waals surface area (Å²) in [6, 6.07) is 6.15. The van der Waals surface area contributed by atoms with Crippen molar-refractivity contribution in [2.24, 2.45) is 0 Å². The molecule has 2 aromatic heterocycles. The number of nitrogen functional groups attached to an aromatic ring is 1. The van der Waals surface area contributed by atoms with Crippen LogP contribution in [0.3, 0.4) is 0 Å². The van der Waals surface area contributed by atoms with Gasteiger partial charge in [0.2, 0.25) is 5.76 Å².